The highest BCUT2D eigenvalue weighted by Crippen LogP contribution is 2.46. The number of phosphoric ester groups is 1. The zero-order valence-electron chi connectivity index (χ0n) is 29.0. The van der Waals surface area contributed by atoms with E-state index in [4.69, 9.17) is 25.4 Å². The molecule has 0 amide bonds. The second-order valence-corrected chi connectivity index (χ2v) is 14.6. The first-order valence-electron chi connectivity index (χ1n) is 16.8. The molecule has 298 valence electrons. The van der Waals surface area contributed by atoms with Gasteiger partial charge in [0.15, 0.2) is 24.3 Å². The minimum atomic E-state index is -5.11. The molecular formula is C31H44N6O16P+. The fourth-order valence-corrected chi connectivity index (χ4v) is 7.46. The van der Waals surface area contributed by atoms with Crippen LogP contribution in [0.15, 0.2) is 29.1 Å². The van der Waals surface area contributed by atoms with Crippen LogP contribution < -0.4 is 21.5 Å². The van der Waals surface area contributed by atoms with Crippen LogP contribution in [0.5, 0.6) is 0 Å². The van der Waals surface area contributed by atoms with E-state index in [2.05, 4.69) is 24.3 Å². The first kappa shape index (κ1) is 41.1. The Morgan fingerprint density at radius 2 is 1.80 bits per heavy atom. The quantitative estimate of drug-likeness (QED) is 0.0591. The summed E-state index contributed by atoms with van der Waals surface area (Å²) in [5.74, 6) is -2.70. The van der Waals surface area contributed by atoms with E-state index in [1.807, 2.05) is 29.7 Å². The Bertz CT molecular complexity index is 1810. The van der Waals surface area contributed by atoms with Crippen LogP contribution in [-0.4, -0.2) is 154 Å². The number of carboxylic acid groups (broad SMARTS) is 2. The molecule has 1 aromatic heterocycles. The van der Waals surface area contributed by atoms with Gasteiger partial charge in [-0.25, -0.2) is 18.8 Å². The van der Waals surface area contributed by atoms with Crippen LogP contribution in [0.1, 0.15) is 32.3 Å². The molecule has 54 heavy (non-hydrogen) atoms. The highest BCUT2D eigenvalue weighted by Gasteiger charge is 2.49. The number of hydrogen-bond acceptors (Lipinski definition) is 17. The van der Waals surface area contributed by atoms with Gasteiger partial charge in [0, 0.05) is 12.8 Å². The summed E-state index contributed by atoms with van der Waals surface area (Å²) in [5, 5.41) is 73.6. The van der Waals surface area contributed by atoms with E-state index >= 15 is 0 Å². The van der Waals surface area contributed by atoms with E-state index in [1.54, 1.807) is 24.3 Å². The zero-order chi connectivity index (χ0) is 39.6. The first-order valence-corrected chi connectivity index (χ1v) is 18.3. The molecule has 0 aliphatic carbocycles. The number of nitrogens with one attached hydrogen (secondary N) is 2. The number of nitrogen functional groups attached to an aromatic ring is 1. The molecule has 3 aliphatic heterocycles. The molecule has 1 aromatic carbocycles. The number of nitrogens with zero attached hydrogens (tertiary/aromatic N) is 3. The molecule has 5 rings (SSSR count). The fraction of sp³-hybridized carbons (Fsp3) is 0.581. The molecule has 23 heteroatoms. The van der Waals surface area contributed by atoms with Gasteiger partial charge in [0.25, 0.3) is 0 Å². The summed E-state index contributed by atoms with van der Waals surface area (Å²) in [5.41, 5.74) is 7.10. The molecule has 4 heterocycles. The number of hydrogen-bond donors (Lipinski definition) is 11. The van der Waals surface area contributed by atoms with Crippen LogP contribution in [0.2, 0.25) is 0 Å². The second-order valence-electron chi connectivity index (χ2n) is 13.2. The number of fused-ring (bicyclic) bond motifs is 3. The van der Waals surface area contributed by atoms with Gasteiger partial charge in [0.1, 0.15) is 42.2 Å². The lowest BCUT2D eigenvalue weighted by Crippen LogP contribution is -2.49. The normalized spacial score (nSPS) is 28.2. The number of nitrogens with two attached hydrogens (primary N) is 1. The SMILES string of the molecule is C[C@@H]1Nc2nc(N)[nH]c(=O)c2[N+]2=CN(c3ccc(C[C@H](O)[C@H](O)[C@H](O)CO[C@H]4O[C@H](COP(=O)(O)O[C@H](CCC(=O)O)C(=O)O)[C@@H](O)[C@H]4O)cc3)[C@H](C)[C@@H]12. The predicted octanol–water partition coefficient (Wildman–Crippen LogP) is -2.34. The summed E-state index contributed by atoms with van der Waals surface area (Å²) in [4.78, 5) is 53.4. The highest BCUT2D eigenvalue weighted by atomic mass is 31.2. The van der Waals surface area contributed by atoms with Crippen molar-refractivity contribution in [3.8, 4) is 0 Å². The predicted molar refractivity (Wildman–Crippen MR) is 184 cm³/mol. The van der Waals surface area contributed by atoms with Gasteiger partial charge in [0.2, 0.25) is 18.0 Å². The highest BCUT2D eigenvalue weighted by molar-refractivity contribution is 7.47. The maximum Gasteiger partial charge on any atom is 0.473 e. The number of anilines is 3. The third kappa shape index (κ3) is 9.24. The lowest BCUT2D eigenvalue weighted by molar-refractivity contribution is -0.479. The van der Waals surface area contributed by atoms with Crippen LogP contribution in [0, 0.1) is 0 Å². The second kappa shape index (κ2) is 16.8. The van der Waals surface area contributed by atoms with Crippen molar-refractivity contribution >= 4 is 49.2 Å². The summed E-state index contributed by atoms with van der Waals surface area (Å²) in [6.07, 6.45) is -13.1. The van der Waals surface area contributed by atoms with E-state index in [-0.39, 0.29) is 36.1 Å². The third-order valence-corrected chi connectivity index (χ3v) is 10.3. The maximum absolute atomic E-state index is 12.8. The molecule has 12 atom stereocenters. The Hall–Kier alpha value is -4.06. The number of carbonyl (C=O) groups is 2. The molecule has 2 aromatic rings. The van der Waals surface area contributed by atoms with Gasteiger partial charge in [-0.2, -0.15) is 4.98 Å². The topological polar surface area (TPSA) is 340 Å². The number of ether oxygens (including phenoxy) is 2. The minimum absolute atomic E-state index is 0.00160. The Labute approximate surface area is 306 Å². The van der Waals surface area contributed by atoms with Crippen LogP contribution in [0.25, 0.3) is 0 Å². The van der Waals surface area contributed by atoms with Crippen LogP contribution in [0.4, 0.5) is 23.1 Å². The summed E-state index contributed by atoms with van der Waals surface area (Å²) in [6.45, 7) is 2.41. The van der Waals surface area contributed by atoms with Crippen molar-refractivity contribution in [3.05, 3.63) is 40.2 Å². The van der Waals surface area contributed by atoms with E-state index < -0.39 is 94.8 Å². The average Bonchev–Trinajstić information content (AvgIpc) is 3.58. The van der Waals surface area contributed by atoms with Gasteiger partial charge in [-0.3, -0.25) is 23.6 Å². The number of rotatable bonds is 17. The monoisotopic (exact) mass is 787 g/mol. The lowest BCUT2D eigenvalue weighted by atomic mass is 9.98. The number of aromatic amines is 1. The fourth-order valence-electron chi connectivity index (χ4n) is 6.55. The van der Waals surface area contributed by atoms with Crippen molar-refractivity contribution in [2.75, 3.05) is 29.2 Å². The molecule has 1 saturated heterocycles. The average molecular weight is 788 g/mol. The van der Waals surface area contributed by atoms with Crippen molar-refractivity contribution in [2.24, 2.45) is 0 Å². The van der Waals surface area contributed by atoms with E-state index in [0.29, 0.717) is 17.1 Å². The molecule has 1 fully saturated rings. The van der Waals surface area contributed by atoms with Crippen molar-refractivity contribution < 1.29 is 77.9 Å². The lowest BCUT2D eigenvalue weighted by Gasteiger charge is -2.30. The van der Waals surface area contributed by atoms with Gasteiger partial charge in [-0.15, -0.1) is 0 Å². The molecule has 0 spiro atoms. The Morgan fingerprint density at radius 1 is 1.11 bits per heavy atom. The van der Waals surface area contributed by atoms with Gasteiger partial charge in [-0.1, -0.05) is 12.1 Å². The summed E-state index contributed by atoms with van der Waals surface area (Å²) in [7, 11) is -5.11. The third-order valence-electron chi connectivity index (χ3n) is 9.33. The molecule has 0 radical (unpaired) electrons. The van der Waals surface area contributed by atoms with Crippen molar-refractivity contribution in [2.45, 2.75) is 100 Å². The Morgan fingerprint density at radius 3 is 2.44 bits per heavy atom. The Balaban J connectivity index is 1.11. The molecule has 3 aliphatic rings. The first-order chi connectivity index (χ1) is 25.4. The largest absolute Gasteiger partial charge is 0.481 e. The molecule has 22 nitrogen and oxygen atoms in total. The van der Waals surface area contributed by atoms with E-state index in [9.17, 15) is 49.4 Å². The number of aliphatic hydroxyl groups excluding tert-OH is 5. The maximum atomic E-state index is 12.8. The standard InChI is InChI=1S/C31H43N6O16P/c1-13-22-14(2)36(12-37(22)23-27(33-13)34-31(32)35-28(23)45)16-5-3-15(4-6-16)9-17(38)24(42)18(39)10-50-30-26(44)25(43)20(52-30)11-51-54(48,49)53-19(29(46)47)7-8-21(40)41/h3-6,12-14,17-20,22,24-26,30,38-39,42-44H,7-11H2,1-2H3,(H6-,32,33,34,35,40,41,45,46,47,48,49)/p+1/t13-,14+,17-,18+,19+,20+,22+,24-,25+,26+,30-/m0/s1. The van der Waals surface area contributed by atoms with E-state index in [0.717, 1.165) is 5.69 Å². The molecule has 12 N–H and O–H groups in total. The molecular weight excluding hydrogens is 743 g/mol. The van der Waals surface area contributed by atoms with Gasteiger partial charge in [0.05, 0.1) is 25.4 Å². The smallest absolute Gasteiger partial charge is 0.473 e. The number of aliphatic carboxylic acids is 2. The van der Waals surface area contributed by atoms with E-state index in [1.165, 1.54) is 0 Å². The summed E-state index contributed by atoms with van der Waals surface area (Å²) >= 11 is 0. The number of aromatic nitrogens is 2. The molecule has 1 unspecified atom stereocenters. The summed E-state index contributed by atoms with van der Waals surface area (Å²) < 4.78 is 33.9. The molecule has 0 bridgehead atoms. The van der Waals surface area contributed by atoms with Crippen molar-refractivity contribution in [1.82, 2.24) is 9.97 Å². The zero-order valence-corrected chi connectivity index (χ0v) is 29.9. The van der Waals surface area contributed by atoms with Crippen molar-refractivity contribution in [1.29, 1.82) is 0 Å². The number of benzene rings is 1. The van der Waals surface area contributed by atoms with Crippen LogP contribution in [0.3, 0.4) is 0 Å². The molecule has 0 saturated carbocycles. The summed E-state index contributed by atoms with van der Waals surface area (Å²) in [6, 6.07) is 6.81. The van der Waals surface area contributed by atoms with Crippen LogP contribution in [-0.2, 0) is 39.1 Å². The van der Waals surface area contributed by atoms with Crippen LogP contribution >= 0.6 is 7.82 Å². The number of phosphoric acid groups is 1. The van der Waals surface area contributed by atoms with Crippen molar-refractivity contribution in [3.63, 3.8) is 0 Å². The number of carboxylic acids is 2. The van der Waals surface area contributed by atoms with Gasteiger partial charge >= 0.3 is 25.3 Å². The number of H-pyrrole nitrogens is 1. The van der Waals surface area contributed by atoms with Gasteiger partial charge < -0.3 is 61.2 Å². The number of aliphatic hydroxyl groups is 5. The van der Waals surface area contributed by atoms with Gasteiger partial charge in [-0.05, 0) is 38.0 Å². The minimum Gasteiger partial charge on any atom is -0.481 e. The Kier molecular flexibility index (Phi) is 12.8.